The molecule has 0 spiro atoms. The number of carbonyl (C=O) groups is 1. The van der Waals surface area contributed by atoms with E-state index < -0.39 is 11.7 Å². The number of hydrogen-bond acceptors (Lipinski definition) is 3. The molecule has 154 valence electrons. The number of hydrogen-bond donors (Lipinski definition) is 0. The van der Waals surface area contributed by atoms with Gasteiger partial charge in [-0.25, -0.2) is 4.79 Å². The zero-order valence-corrected chi connectivity index (χ0v) is 17.7. The van der Waals surface area contributed by atoms with Crippen LogP contribution in [0.2, 0.25) is 5.02 Å². The Morgan fingerprint density at radius 1 is 1.06 bits per heavy atom. The van der Waals surface area contributed by atoms with Gasteiger partial charge in [0.25, 0.3) is 0 Å². The van der Waals surface area contributed by atoms with Crippen LogP contribution in [0.5, 0.6) is 5.75 Å². The van der Waals surface area contributed by atoms with Crippen molar-refractivity contribution in [2.75, 3.05) is 0 Å². The second kappa shape index (κ2) is 7.33. The van der Waals surface area contributed by atoms with Crippen LogP contribution in [0.1, 0.15) is 12.5 Å². The minimum Gasteiger partial charge on any atom is -0.463 e. The molecule has 1 aromatic heterocycles. The first-order valence-corrected chi connectivity index (χ1v) is 10.4. The van der Waals surface area contributed by atoms with Crippen molar-refractivity contribution < 1.29 is 14.3 Å². The minimum atomic E-state index is -1.16. The number of ether oxygens (including phenoxy) is 2. The van der Waals surface area contributed by atoms with Gasteiger partial charge in [0, 0.05) is 22.9 Å². The number of rotatable bonds is 4. The molecule has 0 radical (unpaired) electrons. The van der Waals surface area contributed by atoms with Crippen molar-refractivity contribution in [1.82, 2.24) is 4.57 Å². The standard InChI is InChI=1S/C26H20ClNO3/c1-17(25(29)30-16-18-8-4-3-5-9-18)26(2)28-22-13-12-20(27)14-19(22)15-23(28)21-10-6-7-11-24(21)31-26/h3-15H,1,16H2,2H3. The quantitative estimate of drug-likeness (QED) is 0.281. The summed E-state index contributed by atoms with van der Waals surface area (Å²) >= 11 is 6.23. The Bertz CT molecular complexity index is 1330. The Hall–Kier alpha value is -3.50. The van der Waals surface area contributed by atoms with E-state index in [-0.39, 0.29) is 12.2 Å². The fourth-order valence-corrected chi connectivity index (χ4v) is 4.25. The van der Waals surface area contributed by atoms with Crippen molar-refractivity contribution >= 4 is 28.5 Å². The summed E-state index contributed by atoms with van der Waals surface area (Å²) in [6, 6.07) is 25.0. The second-order valence-electron chi connectivity index (χ2n) is 7.69. The van der Waals surface area contributed by atoms with Crippen molar-refractivity contribution in [3.8, 4) is 17.0 Å². The number of aromatic nitrogens is 1. The van der Waals surface area contributed by atoms with Gasteiger partial charge in [0.05, 0.1) is 16.8 Å². The molecule has 4 nitrogen and oxygen atoms in total. The topological polar surface area (TPSA) is 40.5 Å². The van der Waals surface area contributed by atoms with Gasteiger partial charge in [-0.05, 0) is 42.0 Å². The van der Waals surface area contributed by atoms with E-state index in [1.165, 1.54) is 0 Å². The summed E-state index contributed by atoms with van der Waals surface area (Å²) in [5, 5.41) is 1.60. The van der Waals surface area contributed by atoms with Crippen LogP contribution in [-0.4, -0.2) is 10.5 Å². The predicted octanol–water partition coefficient (Wildman–Crippen LogP) is 6.33. The number of fused-ring (bicyclic) bond motifs is 5. The third kappa shape index (κ3) is 3.20. The Balaban J connectivity index is 1.58. The first-order chi connectivity index (χ1) is 15.0. The number of benzene rings is 3. The van der Waals surface area contributed by atoms with Crippen molar-refractivity contribution in [2.45, 2.75) is 19.3 Å². The van der Waals surface area contributed by atoms with E-state index in [0.717, 1.165) is 27.7 Å². The highest BCUT2D eigenvalue weighted by atomic mass is 35.5. The predicted molar refractivity (Wildman–Crippen MR) is 122 cm³/mol. The SMILES string of the molecule is C=C(C(=O)OCc1ccccc1)C1(C)Oc2ccccc2-c2cc3cc(Cl)ccc3n21. The second-order valence-corrected chi connectivity index (χ2v) is 8.13. The molecule has 0 N–H and O–H groups in total. The van der Waals surface area contributed by atoms with Crippen LogP contribution in [0.25, 0.3) is 22.2 Å². The Morgan fingerprint density at radius 2 is 1.81 bits per heavy atom. The molecular weight excluding hydrogens is 410 g/mol. The van der Waals surface area contributed by atoms with Gasteiger partial charge < -0.3 is 9.47 Å². The zero-order chi connectivity index (χ0) is 21.6. The van der Waals surface area contributed by atoms with Crippen LogP contribution in [0.15, 0.2) is 91.0 Å². The highest BCUT2D eigenvalue weighted by molar-refractivity contribution is 6.31. The minimum absolute atomic E-state index is 0.167. The van der Waals surface area contributed by atoms with E-state index in [2.05, 4.69) is 12.6 Å². The summed E-state index contributed by atoms with van der Waals surface area (Å²) in [5.74, 6) is 0.177. The van der Waals surface area contributed by atoms with Gasteiger partial charge in [-0.3, -0.25) is 4.57 Å². The van der Waals surface area contributed by atoms with E-state index >= 15 is 0 Å². The van der Waals surface area contributed by atoms with Gasteiger partial charge in [0.1, 0.15) is 12.4 Å². The summed E-state index contributed by atoms with van der Waals surface area (Å²) in [6.07, 6.45) is 0. The van der Waals surface area contributed by atoms with Crippen LogP contribution in [0.4, 0.5) is 0 Å². The van der Waals surface area contributed by atoms with Gasteiger partial charge in [0.15, 0.2) is 0 Å². The maximum absolute atomic E-state index is 13.0. The van der Waals surface area contributed by atoms with Crippen LogP contribution in [0.3, 0.4) is 0 Å². The molecule has 0 bridgehead atoms. The van der Waals surface area contributed by atoms with E-state index in [1.807, 2.05) is 84.3 Å². The smallest absolute Gasteiger partial charge is 0.339 e. The summed E-state index contributed by atoms with van der Waals surface area (Å²) in [7, 11) is 0. The summed E-state index contributed by atoms with van der Waals surface area (Å²) < 4.78 is 14.0. The average molecular weight is 430 g/mol. The molecule has 31 heavy (non-hydrogen) atoms. The van der Waals surface area contributed by atoms with Gasteiger partial charge >= 0.3 is 5.97 Å². The van der Waals surface area contributed by atoms with E-state index in [0.29, 0.717) is 10.8 Å². The Morgan fingerprint density at radius 3 is 2.61 bits per heavy atom. The zero-order valence-electron chi connectivity index (χ0n) is 17.0. The lowest BCUT2D eigenvalue weighted by Crippen LogP contribution is -2.43. The fraction of sp³-hybridized carbons (Fsp3) is 0.115. The molecule has 0 amide bonds. The maximum atomic E-state index is 13.0. The lowest BCUT2D eigenvalue weighted by molar-refractivity contribution is -0.143. The largest absolute Gasteiger partial charge is 0.463 e. The van der Waals surface area contributed by atoms with Crippen LogP contribution >= 0.6 is 11.6 Å². The molecule has 1 aliphatic rings. The first-order valence-electron chi connectivity index (χ1n) is 9.98. The first kappa shape index (κ1) is 19.5. The van der Waals surface area contributed by atoms with Crippen molar-refractivity contribution in [3.63, 3.8) is 0 Å². The van der Waals surface area contributed by atoms with Gasteiger partial charge in [-0.15, -0.1) is 0 Å². The molecule has 1 aliphatic heterocycles. The molecule has 4 aromatic rings. The highest BCUT2D eigenvalue weighted by Gasteiger charge is 2.43. The normalized spacial score (nSPS) is 16.8. The molecule has 2 heterocycles. The van der Waals surface area contributed by atoms with Crippen molar-refractivity contribution in [1.29, 1.82) is 0 Å². The molecule has 0 saturated heterocycles. The molecular formula is C26H20ClNO3. The Kier molecular flexibility index (Phi) is 4.60. The molecule has 1 atom stereocenters. The number of para-hydroxylation sites is 1. The van der Waals surface area contributed by atoms with E-state index in [1.54, 1.807) is 0 Å². The van der Waals surface area contributed by atoms with Gasteiger partial charge in [-0.2, -0.15) is 0 Å². The molecule has 5 heteroatoms. The lowest BCUT2D eigenvalue weighted by atomic mass is 10.0. The van der Waals surface area contributed by atoms with Gasteiger partial charge in [0.2, 0.25) is 5.72 Å². The van der Waals surface area contributed by atoms with E-state index in [9.17, 15) is 4.79 Å². The number of esters is 1. The molecule has 0 saturated carbocycles. The van der Waals surface area contributed by atoms with E-state index in [4.69, 9.17) is 21.1 Å². The van der Waals surface area contributed by atoms with Gasteiger partial charge in [-0.1, -0.05) is 60.6 Å². The summed E-state index contributed by atoms with van der Waals surface area (Å²) in [5.41, 5.74) is 2.73. The van der Waals surface area contributed by atoms with Crippen LogP contribution in [0, 0.1) is 0 Å². The van der Waals surface area contributed by atoms with Crippen molar-refractivity contribution in [2.24, 2.45) is 0 Å². The Labute approximate surface area is 185 Å². The van der Waals surface area contributed by atoms with Crippen LogP contribution in [-0.2, 0) is 21.9 Å². The number of halogens is 1. The molecule has 5 rings (SSSR count). The molecule has 3 aromatic carbocycles. The monoisotopic (exact) mass is 429 g/mol. The molecule has 0 aliphatic carbocycles. The third-order valence-electron chi connectivity index (χ3n) is 5.68. The summed E-state index contributed by atoms with van der Waals surface area (Å²) in [6.45, 7) is 6.10. The highest BCUT2D eigenvalue weighted by Crippen LogP contribution is 2.47. The number of carbonyl (C=O) groups excluding carboxylic acids is 1. The molecule has 1 unspecified atom stereocenters. The number of nitrogens with zero attached hydrogens (tertiary/aromatic N) is 1. The summed E-state index contributed by atoms with van der Waals surface area (Å²) in [4.78, 5) is 13.0. The van der Waals surface area contributed by atoms with Crippen LogP contribution < -0.4 is 4.74 Å². The molecule has 0 fully saturated rings. The van der Waals surface area contributed by atoms with Crippen molar-refractivity contribution in [3.05, 3.63) is 102 Å². The maximum Gasteiger partial charge on any atom is 0.339 e. The average Bonchev–Trinajstić information content (AvgIpc) is 3.17. The lowest BCUT2D eigenvalue weighted by Gasteiger charge is -2.39. The fourth-order valence-electron chi connectivity index (χ4n) is 4.07. The third-order valence-corrected chi connectivity index (χ3v) is 5.92.